The molecule has 3 atom stereocenters. The van der Waals surface area contributed by atoms with Crippen LogP contribution in [0.5, 0.6) is 0 Å². The van der Waals surface area contributed by atoms with Gasteiger partial charge in [-0.25, -0.2) is 9.59 Å². The predicted molar refractivity (Wildman–Crippen MR) is 131 cm³/mol. The molecule has 3 N–H and O–H groups in total. The molecule has 0 fully saturated rings. The van der Waals surface area contributed by atoms with Crippen molar-refractivity contribution >= 4 is 29.7 Å². The highest BCUT2D eigenvalue weighted by Gasteiger charge is 2.32. The van der Waals surface area contributed by atoms with Gasteiger partial charge in [0.25, 0.3) is 0 Å². The number of rotatable bonds is 11. The molecule has 0 saturated carbocycles. The van der Waals surface area contributed by atoms with Crippen LogP contribution in [0.15, 0.2) is 48.5 Å². The highest BCUT2D eigenvalue weighted by molar-refractivity contribution is 7.98. The second-order valence-corrected chi connectivity index (χ2v) is 9.05. The number of fused-ring (bicyclic) bond motifs is 3. The minimum Gasteiger partial charge on any atom is -0.480 e. The molecule has 9 heteroatoms. The highest BCUT2D eigenvalue weighted by Crippen LogP contribution is 2.44. The van der Waals surface area contributed by atoms with Gasteiger partial charge >= 0.3 is 12.1 Å². The molecule has 182 valence electrons. The Labute approximate surface area is 203 Å². The molecule has 2 amide bonds. The van der Waals surface area contributed by atoms with Crippen molar-refractivity contribution in [3.8, 4) is 11.1 Å². The number of hydrogen-bond acceptors (Lipinski definition) is 6. The molecule has 0 radical (unpaired) electrons. The number of thioether (sulfide) groups is 1. The van der Waals surface area contributed by atoms with Gasteiger partial charge in [0.15, 0.2) is 6.04 Å². The van der Waals surface area contributed by atoms with Gasteiger partial charge in [0.05, 0.1) is 6.10 Å². The number of ether oxygens (including phenoxy) is 2. The summed E-state index contributed by atoms with van der Waals surface area (Å²) in [5.41, 5.74) is 4.42. The average Bonchev–Trinajstić information content (AvgIpc) is 3.16. The number of carboxylic acid groups (broad SMARTS) is 1. The summed E-state index contributed by atoms with van der Waals surface area (Å²) in [6, 6.07) is 13.9. The lowest BCUT2D eigenvalue weighted by molar-refractivity contribution is -0.145. The molecule has 0 aromatic heterocycles. The number of carbonyl (C=O) groups is 3. The lowest BCUT2D eigenvalue weighted by Gasteiger charge is -2.24. The molecule has 2 aromatic carbocycles. The Bertz CT molecular complexity index is 984. The standard InChI is InChI=1S/C25H30N2O6S/c1-15(32-2)22(24(29)30)27-23(28)21(12-13-34-3)26-25(31)33-14-20-18-10-6-4-8-16(18)17-9-5-7-11-19(17)20/h4-11,15,20-22H,12-14H2,1-3H3,(H,26,31)(H,27,28)(H,29,30)/t15?,21-,22?/m0/s1. The van der Waals surface area contributed by atoms with Crippen LogP contribution in [0.2, 0.25) is 0 Å². The van der Waals surface area contributed by atoms with E-state index in [2.05, 4.69) is 22.8 Å². The smallest absolute Gasteiger partial charge is 0.407 e. The number of nitrogens with one attached hydrogen (secondary N) is 2. The first-order valence-electron chi connectivity index (χ1n) is 11.0. The van der Waals surface area contributed by atoms with Gasteiger partial charge in [-0.1, -0.05) is 48.5 Å². The summed E-state index contributed by atoms with van der Waals surface area (Å²) in [5.74, 6) is -1.32. The van der Waals surface area contributed by atoms with E-state index in [0.717, 1.165) is 22.3 Å². The number of amides is 2. The monoisotopic (exact) mass is 486 g/mol. The van der Waals surface area contributed by atoms with Crippen molar-refractivity contribution < 1.29 is 29.0 Å². The summed E-state index contributed by atoms with van der Waals surface area (Å²) < 4.78 is 10.6. The van der Waals surface area contributed by atoms with E-state index in [1.807, 2.05) is 42.7 Å². The molecule has 2 unspecified atom stereocenters. The summed E-state index contributed by atoms with van der Waals surface area (Å²) in [6.07, 6.45) is 0.743. The van der Waals surface area contributed by atoms with E-state index in [1.165, 1.54) is 18.9 Å². The number of methoxy groups -OCH3 is 1. The third kappa shape index (κ3) is 5.90. The normalized spacial score (nSPS) is 14.9. The third-order valence-electron chi connectivity index (χ3n) is 5.97. The van der Waals surface area contributed by atoms with Crippen molar-refractivity contribution in [3.63, 3.8) is 0 Å². The molecule has 3 rings (SSSR count). The molecule has 0 spiro atoms. The fraction of sp³-hybridized carbons (Fsp3) is 0.400. The molecule has 0 heterocycles. The molecule has 34 heavy (non-hydrogen) atoms. The lowest BCUT2D eigenvalue weighted by Crippen LogP contribution is -2.55. The van der Waals surface area contributed by atoms with E-state index in [4.69, 9.17) is 9.47 Å². The fourth-order valence-corrected chi connectivity index (χ4v) is 4.53. The molecule has 8 nitrogen and oxygen atoms in total. The van der Waals surface area contributed by atoms with Gasteiger partial charge < -0.3 is 25.2 Å². The number of carboxylic acids is 1. The Morgan fingerprint density at radius 2 is 1.62 bits per heavy atom. The largest absolute Gasteiger partial charge is 0.480 e. The van der Waals surface area contributed by atoms with Gasteiger partial charge in [-0.15, -0.1) is 0 Å². The maximum atomic E-state index is 12.8. The van der Waals surface area contributed by atoms with Crippen LogP contribution in [0.3, 0.4) is 0 Å². The summed E-state index contributed by atoms with van der Waals surface area (Å²) in [4.78, 5) is 37.0. The van der Waals surface area contributed by atoms with Crippen molar-refractivity contribution in [3.05, 3.63) is 59.7 Å². The molecular weight excluding hydrogens is 456 g/mol. The number of aliphatic carboxylic acids is 1. The minimum atomic E-state index is -1.24. The Hall–Kier alpha value is -3.04. The van der Waals surface area contributed by atoms with E-state index in [9.17, 15) is 19.5 Å². The molecule has 0 aliphatic heterocycles. The van der Waals surface area contributed by atoms with Gasteiger partial charge in [-0.2, -0.15) is 11.8 Å². The van der Waals surface area contributed by atoms with Crippen molar-refractivity contribution in [2.45, 2.75) is 37.5 Å². The second-order valence-electron chi connectivity index (χ2n) is 8.07. The lowest BCUT2D eigenvalue weighted by atomic mass is 9.98. The van der Waals surface area contributed by atoms with Crippen molar-refractivity contribution in [1.82, 2.24) is 10.6 Å². The zero-order chi connectivity index (χ0) is 24.7. The Morgan fingerprint density at radius 1 is 1.03 bits per heavy atom. The van der Waals surface area contributed by atoms with Gasteiger partial charge in [-0.05, 0) is 47.6 Å². The zero-order valence-corrected chi connectivity index (χ0v) is 20.3. The van der Waals surface area contributed by atoms with Crippen LogP contribution in [0.4, 0.5) is 4.79 Å². The summed E-state index contributed by atoms with van der Waals surface area (Å²) in [7, 11) is 1.37. The van der Waals surface area contributed by atoms with Crippen LogP contribution in [-0.2, 0) is 19.1 Å². The van der Waals surface area contributed by atoms with Gasteiger partial charge in [0, 0.05) is 13.0 Å². The van der Waals surface area contributed by atoms with Gasteiger partial charge in [0.1, 0.15) is 12.6 Å². The van der Waals surface area contributed by atoms with E-state index in [0.29, 0.717) is 12.2 Å². The Morgan fingerprint density at radius 3 is 2.15 bits per heavy atom. The molecule has 0 saturated heterocycles. The van der Waals surface area contributed by atoms with Crippen molar-refractivity contribution in [2.75, 3.05) is 25.7 Å². The molecular formula is C25H30N2O6S. The van der Waals surface area contributed by atoms with E-state index >= 15 is 0 Å². The number of hydrogen-bond donors (Lipinski definition) is 3. The second kappa shape index (κ2) is 11.9. The van der Waals surface area contributed by atoms with Crippen LogP contribution in [-0.4, -0.2) is 67.0 Å². The predicted octanol–water partition coefficient (Wildman–Crippen LogP) is 3.25. The van der Waals surface area contributed by atoms with Crippen molar-refractivity contribution in [1.29, 1.82) is 0 Å². The molecule has 2 aromatic rings. The first kappa shape index (κ1) is 25.6. The van der Waals surface area contributed by atoms with Crippen LogP contribution >= 0.6 is 11.8 Å². The number of benzene rings is 2. The number of alkyl carbamates (subject to hydrolysis) is 1. The fourth-order valence-electron chi connectivity index (χ4n) is 4.06. The van der Waals surface area contributed by atoms with Crippen molar-refractivity contribution in [2.24, 2.45) is 0 Å². The molecule has 1 aliphatic rings. The first-order chi connectivity index (χ1) is 16.4. The first-order valence-corrected chi connectivity index (χ1v) is 12.4. The van der Waals surface area contributed by atoms with Crippen LogP contribution in [0.25, 0.3) is 11.1 Å². The van der Waals surface area contributed by atoms with Gasteiger partial charge in [0.2, 0.25) is 5.91 Å². The maximum Gasteiger partial charge on any atom is 0.407 e. The van der Waals surface area contributed by atoms with Gasteiger partial charge in [-0.3, -0.25) is 4.79 Å². The Balaban J connectivity index is 1.66. The minimum absolute atomic E-state index is 0.101. The Kier molecular flexibility index (Phi) is 8.95. The third-order valence-corrected chi connectivity index (χ3v) is 6.61. The van der Waals surface area contributed by atoms with Crippen LogP contribution in [0.1, 0.15) is 30.4 Å². The summed E-state index contributed by atoms with van der Waals surface area (Å²) >= 11 is 1.52. The maximum absolute atomic E-state index is 12.8. The quantitative estimate of drug-likeness (QED) is 0.447. The zero-order valence-electron chi connectivity index (χ0n) is 19.4. The summed E-state index contributed by atoms with van der Waals surface area (Å²) in [5, 5.41) is 14.5. The van der Waals surface area contributed by atoms with Crippen LogP contribution < -0.4 is 10.6 Å². The molecule has 1 aliphatic carbocycles. The highest BCUT2D eigenvalue weighted by atomic mass is 32.2. The number of carbonyl (C=O) groups excluding carboxylic acids is 2. The molecule has 0 bridgehead atoms. The SMILES string of the molecule is COC(C)C(NC(=O)[C@H](CCSC)NC(=O)OCC1c2ccccc2-c2ccccc21)C(=O)O. The van der Waals surface area contributed by atoms with E-state index in [-0.39, 0.29) is 12.5 Å². The average molecular weight is 487 g/mol. The van der Waals surface area contributed by atoms with Crippen LogP contribution in [0, 0.1) is 0 Å². The summed E-state index contributed by atoms with van der Waals surface area (Å²) in [6.45, 7) is 1.67. The topological polar surface area (TPSA) is 114 Å². The van der Waals surface area contributed by atoms with E-state index in [1.54, 1.807) is 6.92 Å². The van der Waals surface area contributed by atoms with E-state index < -0.39 is 36.2 Å².